The number of hydrogen-bond donors (Lipinski definition) is 2. The highest BCUT2D eigenvalue weighted by Gasteiger charge is 2.33. The lowest BCUT2D eigenvalue weighted by molar-refractivity contribution is -0.133. The highest BCUT2D eigenvalue weighted by atomic mass is 32.1. The molecule has 0 radical (unpaired) electrons. The maximum absolute atomic E-state index is 12.7. The molecule has 3 atom stereocenters. The predicted molar refractivity (Wildman–Crippen MR) is 89.7 cm³/mol. The van der Waals surface area contributed by atoms with Crippen LogP contribution in [0.15, 0.2) is 29.9 Å². The van der Waals surface area contributed by atoms with Crippen LogP contribution in [0.1, 0.15) is 41.7 Å². The summed E-state index contributed by atoms with van der Waals surface area (Å²) in [5, 5.41) is 2.98. The van der Waals surface area contributed by atoms with Crippen molar-refractivity contribution >= 4 is 17.2 Å². The van der Waals surface area contributed by atoms with Crippen molar-refractivity contribution in [3.63, 3.8) is 0 Å². The largest absolute Gasteiger partial charge is 0.335 e. The van der Waals surface area contributed by atoms with E-state index < -0.39 is 0 Å². The van der Waals surface area contributed by atoms with Gasteiger partial charge in [0.2, 0.25) is 5.91 Å². The van der Waals surface area contributed by atoms with E-state index in [-0.39, 0.29) is 24.0 Å². The van der Waals surface area contributed by atoms with Crippen LogP contribution in [0.5, 0.6) is 0 Å². The Labute approximate surface area is 139 Å². The molecule has 3 heterocycles. The van der Waals surface area contributed by atoms with Gasteiger partial charge < -0.3 is 4.90 Å². The summed E-state index contributed by atoms with van der Waals surface area (Å²) in [6, 6.07) is 3.80. The Kier molecular flexibility index (Phi) is 4.70. The average Bonchev–Trinajstić information content (AvgIpc) is 3.23. The molecule has 0 aliphatic carbocycles. The minimum absolute atomic E-state index is 0.0250. The zero-order chi connectivity index (χ0) is 16.4. The molecule has 7 heteroatoms. The quantitative estimate of drug-likeness (QED) is 0.896. The maximum atomic E-state index is 12.7. The van der Waals surface area contributed by atoms with Gasteiger partial charge in [-0.1, -0.05) is 0 Å². The summed E-state index contributed by atoms with van der Waals surface area (Å²) in [6.45, 7) is 3.98. The van der Waals surface area contributed by atoms with E-state index in [0.29, 0.717) is 0 Å². The molecule has 2 aromatic rings. The lowest BCUT2D eigenvalue weighted by Crippen LogP contribution is -2.44. The third-order valence-corrected chi connectivity index (χ3v) is 5.37. The third-order valence-electron chi connectivity index (χ3n) is 4.23. The molecule has 0 bridgehead atoms. The van der Waals surface area contributed by atoms with Crippen molar-refractivity contribution in [3.8, 4) is 0 Å². The minimum atomic E-state index is -0.235. The van der Waals surface area contributed by atoms with Gasteiger partial charge in [0.05, 0.1) is 6.04 Å². The molecular weight excluding hydrogens is 310 g/mol. The highest BCUT2D eigenvalue weighted by Crippen LogP contribution is 2.26. The summed E-state index contributed by atoms with van der Waals surface area (Å²) < 4.78 is 0. The van der Waals surface area contributed by atoms with Crippen LogP contribution in [0.3, 0.4) is 0 Å². The zero-order valence-electron chi connectivity index (χ0n) is 13.5. The number of nitrogens with one attached hydrogen (secondary N) is 2. The Bertz CT molecular complexity index is 674. The van der Waals surface area contributed by atoms with E-state index in [9.17, 15) is 4.79 Å². The van der Waals surface area contributed by atoms with Crippen molar-refractivity contribution in [2.75, 3.05) is 7.05 Å². The fraction of sp³-hybridized carbons (Fsp3) is 0.438. The van der Waals surface area contributed by atoms with Crippen molar-refractivity contribution in [3.05, 3.63) is 46.2 Å². The summed E-state index contributed by atoms with van der Waals surface area (Å²) in [7, 11) is 1.84. The highest BCUT2D eigenvalue weighted by molar-refractivity contribution is 7.09. The number of hydrogen-bond acceptors (Lipinski definition) is 6. The normalized spacial score (nSPS) is 22.0. The van der Waals surface area contributed by atoms with Gasteiger partial charge in [-0.2, -0.15) is 0 Å². The number of aryl methyl sites for hydroxylation is 1. The van der Waals surface area contributed by atoms with Crippen LogP contribution < -0.4 is 10.9 Å². The van der Waals surface area contributed by atoms with Crippen molar-refractivity contribution in [1.29, 1.82) is 0 Å². The molecule has 1 saturated heterocycles. The van der Waals surface area contributed by atoms with E-state index in [1.54, 1.807) is 28.6 Å². The molecule has 0 saturated carbocycles. The van der Waals surface area contributed by atoms with Crippen LogP contribution in [0, 0.1) is 6.92 Å². The van der Waals surface area contributed by atoms with E-state index in [1.807, 2.05) is 38.4 Å². The van der Waals surface area contributed by atoms with Gasteiger partial charge in [-0.05, 0) is 38.0 Å². The molecule has 0 aromatic carbocycles. The fourth-order valence-electron chi connectivity index (χ4n) is 2.70. The lowest BCUT2D eigenvalue weighted by Gasteiger charge is -2.26. The lowest BCUT2D eigenvalue weighted by atomic mass is 10.0. The maximum Gasteiger partial charge on any atom is 0.241 e. The molecule has 3 unspecified atom stereocenters. The SMILES string of the molecule is Cc1csc(C(C)N(C)C(=O)C2CC(c3ccncc3)NN2)n1. The number of thiazole rings is 1. The van der Waals surface area contributed by atoms with Crippen molar-refractivity contribution < 1.29 is 4.79 Å². The summed E-state index contributed by atoms with van der Waals surface area (Å²) >= 11 is 1.60. The van der Waals surface area contributed by atoms with Gasteiger partial charge in [0.15, 0.2) is 0 Å². The van der Waals surface area contributed by atoms with Gasteiger partial charge in [0.1, 0.15) is 11.0 Å². The van der Waals surface area contributed by atoms with Crippen LogP contribution in [-0.4, -0.2) is 33.9 Å². The van der Waals surface area contributed by atoms with E-state index in [1.165, 1.54) is 0 Å². The number of hydrazine groups is 1. The van der Waals surface area contributed by atoms with Gasteiger partial charge in [-0.25, -0.2) is 15.8 Å². The number of likely N-dealkylation sites (N-methyl/N-ethyl adjacent to an activating group) is 1. The third kappa shape index (κ3) is 3.41. The van der Waals surface area contributed by atoms with E-state index in [4.69, 9.17) is 0 Å². The Morgan fingerprint density at radius 2 is 2.13 bits per heavy atom. The molecule has 1 aliphatic rings. The Morgan fingerprint density at radius 1 is 1.39 bits per heavy atom. The molecule has 0 spiro atoms. The first-order valence-electron chi connectivity index (χ1n) is 7.66. The first-order valence-corrected chi connectivity index (χ1v) is 8.54. The second-order valence-electron chi connectivity index (χ2n) is 5.86. The first kappa shape index (κ1) is 16.0. The fourth-order valence-corrected chi connectivity index (χ4v) is 3.59. The summed E-state index contributed by atoms with van der Waals surface area (Å²) in [5.41, 5.74) is 8.45. The van der Waals surface area contributed by atoms with E-state index in [0.717, 1.165) is 22.7 Å². The van der Waals surface area contributed by atoms with Gasteiger partial charge in [0, 0.05) is 36.6 Å². The van der Waals surface area contributed by atoms with Gasteiger partial charge >= 0.3 is 0 Å². The molecule has 6 nitrogen and oxygen atoms in total. The second kappa shape index (κ2) is 6.74. The van der Waals surface area contributed by atoms with Crippen LogP contribution >= 0.6 is 11.3 Å². The first-order chi connectivity index (χ1) is 11.1. The topological polar surface area (TPSA) is 70.2 Å². The summed E-state index contributed by atoms with van der Waals surface area (Å²) in [6.07, 6.45) is 4.26. The van der Waals surface area contributed by atoms with E-state index >= 15 is 0 Å². The van der Waals surface area contributed by atoms with Crippen LogP contribution in [0.25, 0.3) is 0 Å². The summed E-state index contributed by atoms with van der Waals surface area (Å²) in [5.74, 6) is 0.0782. The summed E-state index contributed by atoms with van der Waals surface area (Å²) in [4.78, 5) is 23.0. The number of aromatic nitrogens is 2. The molecular formula is C16H21N5OS. The molecule has 23 heavy (non-hydrogen) atoms. The molecule has 2 aromatic heterocycles. The molecule has 1 fully saturated rings. The number of carbonyl (C=O) groups excluding carboxylic acids is 1. The molecule has 1 aliphatic heterocycles. The van der Waals surface area contributed by atoms with E-state index in [2.05, 4.69) is 20.8 Å². The van der Waals surface area contributed by atoms with Crippen molar-refractivity contribution in [1.82, 2.24) is 25.7 Å². The monoisotopic (exact) mass is 331 g/mol. The molecule has 2 N–H and O–H groups in total. The average molecular weight is 331 g/mol. The predicted octanol–water partition coefficient (Wildman–Crippen LogP) is 1.97. The molecule has 3 rings (SSSR count). The standard InChI is InChI=1S/C16H21N5OS/c1-10-9-23-15(18-10)11(2)21(3)16(22)14-8-13(19-20-14)12-4-6-17-7-5-12/h4-7,9,11,13-14,19-20H,8H2,1-3H3. The molecule has 122 valence electrons. The zero-order valence-corrected chi connectivity index (χ0v) is 14.3. The number of amides is 1. The van der Waals surface area contributed by atoms with Gasteiger partial charge in [-0.3, -0.25) is 9.78 Å². The Balaban J connectivity index is 1.64. The van der Waals surface area contributed by atoms with Crippen molar-refractivity contribution in [2.24, 2.45) is 0 Å². The number of carbonyl (C=O) groups is 1. The number of rotatable bonds is 4. The minimum Gasteiger partial charge on any atom is -0.335 e. The number of nitrogens with zero attached hydrogens (tertiary/aromatic N) is 3. The van der Waals surface area contributed by atoms with Crippen molar-refractivity contribution in [2.45, 2.75) is 38.4 Å². The second-order valence-corrected chi connectivity index (χ2v) is 6.75. The van der Waals surface area contributed by atoms with Gasteiger partial charge in [0.25, 0.3) is 0 Å². The van der Waals surface area contributed by atoms with Crippen LogP contribution in [-0.2, 0) is 4.79 Å². The van der Waals surface area contributed by atoms with Crippen LogP contribution in [0.2, 0.25) is 0 Å². The smallest absolute Gasteiger partial charge is 0.241 e. The van der Waals surface area contributed by atoms with Gasteiger partial charge in [-0.15, -0.1) is 11.3 Å². The Hall–Kier alpha value is -1.83. The van der Waals surface area contributed by atoms with Crippen LogP contribution in [0.4, 0.5) is 0 Å². The Morgan fingerprint density at radius 3 is 2.78 bits per heavy atom. The molecule has 1 amide bonds. The number of pyridine rings is 1.